The van der Waals surface area contributed by atoms with Crippen molar-refractivity contribution in [3.8, 4) is 16.9 Å². The van der Waals surface area contributed by atoms with Gasteiger partial charge >= 0.3 is 0 Å². The number of nitro groups is 1. The molecule has 0 N–H and O–H groups in total. The van der Waals surface area contributed by atoms with Gasteiger partial charge in [-0.05, 0) is 11.6 Å². The predicted octanol–water partition coefficient (Wildman–Crippen LogP) is 3.27. The monoisotopic (exact) mass is 229 g/mol. The first-order chi connectivity index (χ1) is 8.22. The molecule has 0 saturated carbocycles. The largest absolute Gasteiger partial charge is 0.496 e. The zero-order valence-corrected chi connectivity index (χ0v) is 9.29. The van der Waals surface area contributed by atoms with E-state index >= 15 is 0 Å². The molecule has 0 atom stereocenters. The summed E-state index contributed by atoms with van der Waals surface area (Å²) >= 11 is 0. The fourth-order valence-electron chi connectivity index (χ4n) is 1.67. The van der Waals surface area contributed by atoms with Crippen LogP contribution in [0, 0.1) is 10.1 Å². The molecule has 0 heterocycles. The third-order valence-corrected chi connectivity index (χ3v) is 2.47. The summed E-state index contributed by atoms with van der Waals surface area (Å²) in [4.78, 5) is 10.3. The maximum absolute atomic E-state index is 10.7. The minimum atomic E-state index is -0.404. The molecule has 0 aliphatic carbocycles. The Morgan fingerprint density at radius 3 is 2.59 bits per heavy atom. The van der Waals surface area contributed by atoms with Gasteiger partial charge in [0.25, 0.3) is 5.69 Å². The lowest BCUT2D eigenvalue weighted by Gasteiger charge is -2.07. The third-order valence-electron chi connectivity index (χ3n) is 2.47. The first-order valence-corrected chi connectivity index (χ1v) is 5.10. The zero-order valence-electron chi connectivity index (χ0n) is 9.29. The molecule has 0 amide bonds. The summed E-state index contributed by atoms with van der Waals surface area (Å²) in [7, 11) is 1.58. The number of para-hydroxylation sites is 1. The van der Waals surface area contributed by atoms with E-state index in [0.717, 1.165) is 11.1 Å². The Labute approximate surface area is 98.6 Å². The first kappa shape index (κ1) is 11.1. The minimum Gasteiger partial charge on any atom is -0.496 e. The lowest BCUT2D eigenvalue weighted by Crippen LogP contribution is -1.90. The molecule has 86 valence electrons. The number of hydrogen-bond donors (Lipinski definition) is 0. The molecule has 0 fully saturated rings. The average Bonchev–Trinajstić information content (AvgIpc) is 2.39. The molecule has 17 heavy (non-hydrogen) atoms. The topological polar surface area (TPSA) is 52.4 Å². The van der Waals surface area contributed by atoms with Crippen molar-refractivity contribution in [3.05, 3.63) is 58.6 Å². The van der Waals surface area contributed by atoms with Gasteiger partial charge in [-0.1, -0.05) is 30.3 Å². The van der Waals surface area contributed by atoms with Crippen molar-refractivity contribution in [2.45, 2.75) is 0 Å². The highest BCUT2D eigenvalue weighted by Gasteiger charge is 2.09. The molecule has 0 aliphatic rings. The van der Waals surface area contributed by atoms with Crippen LogP contribution in [-0.2, 0) is 0 Å². The number of non-ortho nitro benzene ring substituents is 1. The van der Waals surface area contributed by atoms with Crippen molar-refractivity contribution in [2.75, 3.05) is 7.11 Å². The number of nitrogens with zero attached hydrogens (tertiary/aromatic N) is 1. The Morgan fingerprint density at radius 2 is 1.88 bits per heavy atom. The molecule has 4 nitrogen and oxygen atoms in total. The summed E-state index contributed by atoms with van der Waals surface area (Å²) < 4.78 is 5.23. The summed E-state index contributed by atoms with van der Waals surface area (Å²) in [6.07, 6.45) is 0. The van der Waals surface area contributed by atoms with Crippen LogP contribution in [0.25, 0.3) is 11.1 Å². The van der Waals surface area contributed by atoms with Crippen LogP contribution in [0.5, 0.6) is 5.75 Å². The molecule has 0 aliphatic heterocycles. The molecule has 0 radical (unpaired) electrons. The normalized spacial score (nSPS) is 9.94. The molecule has 0 saturated heterocycles. The number of methoxy groups -OCH3 is 1. The van der Waals surface area contributed by atoms with Gasteiger partial charge in [0.05, 0.1) is 12.0 Å². The third kappa shape index (κ3) is 2.25. The maximum Gasteiger partial charge on any atom is 0.270 e. The van der Waals surface area contributed by atoms with Gasteiger partial charge in [0.2, 0.25) is 0 Å². The quantitative estimate of drug-likeness (QED) is 0.599. The predicted molar refractivity (Wildman–Crippen MR) is 65.1 cm³/mol. The van der Waals surface area contributed by atoms with E-state index in [1.54, 1.807) is 13.2 Å². The Balaban J connectivity index is 2.52. The molecule has 0 spiro atoms. The van der Waals surface area contributed by atoms with E-state index in [2.05, 4.69) is 0 Å². The Hall–Kier alpha value is -2.36. The van der Waals surface area contributed by atoms with Crippen molar-refractivity contribution in [1.82, 2.24) is 0 Å². The second kappa shape index (κ2) is 4.65. The van der Waals surface area contributed by atoms with Crippen LogP contribution in [0.15, 0.2) is 48.5 Å². The van der Waals surface area contributed by atoms with Crippen molar-refractivity contribution >= 4 is 5.69 Å². The van der Waals surface area contributed by atoms with E-state index in [0.29, 0.717) is 5.75 Å². The summed E-state index contributed by atoms with van der Waals surface area (Å²) in [5, 5.41) is 10.7. The second-order valence-corrected chi connectivity index (χ2v) is 3.51. The van der Waals surface area contributed by atoms with Gasteiger partial charge in [-0.25, -0.2) is 0 Å². The van der Waals surface area contributed by atoms with Crippen molar-refractivity contribution < 1.29 is 9.66 Å². The van der Waals surface area contributed by atoms with E-state index < -0.39 is 4.92 Å². The molecule has 4 heteroatoms. The van der Waals surface area contributed by atoms with Crippen LogP contribution in [0.2, 0.25) is 0 Å². The van der Waals surface area contributed by atoms with Gasteiger partial charge in [0.15, 0.2) is 0 Å². The fourth-order valence-corrected chi connectivity index (χ4v) is 1.67. The lowest BCUT2D eigenvalue weighted by molar-refractivity contribution is -0.384. The zero-order chi connectivity index (χ0) is 12.3. The lowest BCUT2D eigenvalue weighted by atomic mass is 10.0. The van der Waals surface area contributed by atoms with Gasteiger partial charge in [-0.3, -0.25) is 10.1 Å². The Kier molecular flexibility index (Phi) is 3.05. The van der Waals surface area contributed by atoms with E-state index in [-0.39, 0.29) is 5.69 Å². The maximum atomic E-state index is 10.7. The van der Waals surface area contributed by atoms with Crippen LogP contribution < -0.4 is 4.74 Å². The number of hydrogen-bond acceptors (Lipinski definition) is 3. The van der Waals surface area contributed by atoms with Crippen LogP contribution in [-0.4, -0.2) is 12.0 Å². The van der Waals surface area contributed by atoms with Gasteiger partial charge in [0.1, 0.15) is 5.75 Å². The molecular formula is C13H11NO3. The highest BCUT2D eigenvalue weighted by atomic mass is 16.6. The fraction of sp³-hybridized carbons (Fsp3) is 0.0769. The molecular weight excluding hydrogens is 218 g/mol. The van der Waals surface area contributed by atoms with Crippen molar-refractivity contribution in [2.24, 2.45) is 0 Å². The number of nitro benzene ring substituents is 1. The number of rotatable bonds is 3. The first-order valence-electron chi connectivity index (χ1n) is 5.10. The SMILES string of the molecule is COc1ccccc1-c1cccc([N+](=O)[O-])c1. The standard InChI is InChI=1S/C13H11NO3/c1-17-13-8-3-2-7-12(13)10-5-4-6-11(9-10)14(15)16/h2-9H,1H3. The molecule has 2 aromatic rings. The van der Waals surface area contributed by atoms with E-state index in [1.807, 2.05) is 30.3 Å². The minimum absolute atomic E-state index is 0.0772. The van der Waals surface area contributed by atoms with E-state index in [9.17, 15) is 10.1 Å². The summed E-state index contributed by atoms with van der Waals surface area (Å²) in [5.74, 6) is 0.702. The molecule has 2 rings (SSSR count). The highest BCUT2D eigenvalue weighted by Crippen LogP contribution is 2.31. The smallest absolute Gasteiger partial charge is 0.270 e. The molecule has 0 bridgehead atoms. The highest BCUT2D eigenvalue weighted by molar-refractivity contribution is 5.72. The van der Waals surface area contributed by atoms with Crippen LogP contribution >= 0.6 is 0 Å². The number of ether oxygens (including phenoxy) is 1. The van der Waals surface area contributed by atoms with Crippen LogP contribution in [0.1, 0.15) is 0 Å². The summed E-state index contributed by atoms with van der Waals surface area (Å²) in [6.45, 7) is 0. The van der Waals surface area contributed by atoms with Crippen molar-refractivity contribution in [1.29, 1.82) is 0 Å². The summed E-state index contributed by atoms with van der Waals surface area (Å²) in [6, 6.07) is 13.9. The van der Waals surface area contributed by atoms with Crippen LogP contribution in [0.3, 0.4) is 0 Å². The van der Waals surface area contributed by atoms with Crippen molar-refractivity contribution in [3.63, 3.8) is 0 Å². The second-order valence-electron chi connectivity index (χ2n) is 3.51. The van der Waals surface area contributed by atoms with Gasteiger partial charge in [-0.15, -0.1) is 0 Å². The summed E-state index contributed by atoms with van der Waals surface area (Å²) in [5.41, 5.74) is 1.70. The Morgan fingerprint density at radius 1 is 1.12 bits per heavy atom. The van der Waals surface area contributed by atoms with E-state index in [1.165, 1.54) is 12.1 Å². The van der Waals surface area contributed by atoms with Gasteiger partial charge in [0, 0.05) is 17.7 Å². The molecule has 0 unspecified atom stereocenters. The van der Waals surface area contributed by atoms with E-state index in [4.69, 9.17) is 4.74 Å². The van der Waals surface area contributed by atoms with Crippen LogP contribution in [0.4, 0.5) is 5.69 Å². The van der Waals surface area contributed by atoms with Gasteiger partial charge < -0.3 is 4.74 Å². The Bertz CT molecular complexity index is 552. The molecule has 0 aromatic heterocycles. The van der Waals surface area contributed by atoms with Gasteiger partial charge in [-0.2, -0.15) is 0 Å². The number of benzene rings is 2. The average molecular weight is 229 g/mol. The molecule has 2 aromatic carbocycles.